The Bertz CT molecular complexity index is 1350. The molecule has 0 bridgehead atoms. The van der Waals surface area contributed by atoms with Crippen LogP contribution in [0.25, 0.3) is 10.9 Å². The Labute approximate surface area is 199 Å². The van der Waals surface area contributed by atoms with E-state index in [-0.39, 0.29) is 18.1 Å². The van der Waals surface area contributed by atoms with Gasteiger partial charge in [-0.3, -0.25) is 4.79 Å². The second-order valence-electron chi connectivity index (χ2n) is 8.52. The Morgan fingerprint density at radius 3 is 2.38 bits per heavy atom. The number of fused-ring (bicyclic) bond motifs is 1. The number of aromatic nitrogens is 1. The molecule has 0 unspecified atom stereocenters. The van der Waals surface area contributed by atoms with Gasteiger partial charge in [0.05, 0.1) is 13.7 Å². The van der Waals surface area contributed by atoms with E-state index in [9.17, 15) is 9.59 Å². The van der Waals surface area contributed by atoms with Crippen molar-refractivity contribution in [2.45, 2.75) is 33.5 Å². The Balaban J connectivity index is 1.61. The minimum absolute atomic E-state index is 0.186. The highest BCUT2D eigenvalue weighted by atomic mass is 16.5. The highest BCUT2D eigenvalue weighted by Crippen LogP contribution is 2.20. The summed E-state index contributed by atoms with van der Waals surface area (Å²) in [6.07, 6.45) is 0. The minimum atomic E-state index is -0.236. The second-order valence-corrected chi connectivity index (χ2v) is 8.52. The van der Waals surface area contributed by atoms with Gasteiger partial charge in [-0.2, -0.15) is 0 Å². The van der Waals surface area contributed by atoms with Crippen LogP contribution in [0, 0.1) is 13.8 Å². The number of hydrogen-bond donors (Lipinski definition) is 2. The van der Waals surface area contributed by atoms with Crippen molar-refractivity contribution in [2.75, 3.05) is 7.11 Å². The highest BCUT2D eigenvalue weighted by Gasteiger charge is 2.17. The zero-order chi connectivity index (χ0) is 24.1. The van der Waals surface area contributed by atoms with Crippen molar-refractivity contribution in [1.82, 2.24) is 15.2 Å². The first kappa shape index (κ1) is 23.1. The third kappa shape index (κ3) is 5.46. The molecule has 2 amide bonds. The maximum Gasteiger partial charge on any atom is 0.318 e. The molecular weight excluding hydrogens is 426 g/mol. The van der Waals surface area contributed by atoms with E-state index in [1.807, 2.05) is 80.6 Å². The molecule has 1 aromatic heterocycles. The number of rotatable bonds is 7. The van der Waals surface area contributed by atoms with Crippen molar-refractivity contribution >= 4 is 16.9 Å². The number of pyridine rings is 1. The van der Waals surface area contributed by atoms with Gasteiger partial charge in [-0.1, -0.05) is 48.5 Å². The Morgan fingerprint density at radius 1 is 0.941 bits per heavy atom. The van der Waals surface area contributed by atoms with E-state index in [1.165, 1.54) is 0 Å². The van der Waals surface area contributed by atoms with Crippen molar-refractivity contribution in [3.05, 3.63) is 111 Å². The van der Waals surface area contributed by atoms with Crippen LogP contribution in [0.15, 0.2) is 77.6 Å². The van der Waals surface area contributed by atoms with E-state index in [2.05, 4.69) is 16.4 Å². The smallest absolute Gasteiger partial charge is 0.318 e. The standard InChI is InChI=1S/C28H29N3O3/c1-19-13-20(2)25-15-23(27(32)30-26(25)14-19)18-31(17-22-9-11-24(34-3)12-10-22)28(33)29-16-21-7-5-4-6-8-21/h4-15H,16-18H2,1-3H3,(H,29,33)(H,30,32). The number of H-pyrrole nitrogens is 1. The zero-order valence-corrected chi connectivity index (χ0v) is 19.7. The lowest BCUT2D eigenvalue weighted by molar-refractivity contribution is 0.191. The second kappa shape index (κ2) is 10.3. The molecule has 3 aromatic carbocycles. The van der Waals surface area contributed by atoms with Gasteiger partial charge in [-0.15, -0.1) is 0 Å². The van der Waals surface area contributed by atoms with Crippen LogP contribution in [-0.4, -0.2) is 23.0 Å². The molecule has 4 rings (SSSR count). The predicted molar refractivity (Wildman–Crippen MR) is 135 cm³/mol. The Hall–Kier alpha value is -4.06. The normalized spacial score (nSPS) is 10.8. The topological polar surface area (TPSA) is 74.4 Å². The summed E-state index contributed by atoms with van der Waals surface area (Å²) in [6, 6.07) is 23.0. The van der Waals surface area contributed by atoms with Crippen molar-refractivity contribution in [2.24, 2.45) is 0 Å². The average molecular weight is 456 g/mol. The van der Waals surface area contributed by atoms with Crippen molar-refractivity contribution in [3.8, 4) is 5.75 Å². The number of aryl methyl sites for hydroxylation is 2. The molecule has 174 valence electrons. The molecule has 2 N–H and O–H groups in total. The number of carbonyl (C=O) groups excluding carboxylic acids is 1. The van der Waals surface area contributed by atoms with Gasteiger partial charge in [0.25, 0.3) is 5.56 Å². The van der Waals surface area contributed by atoms with Gasteiger partial charge >= 0.3 is 6.03 Å². The van der Waals surface area contributed by atoms with Crippen LogP contribution in [-0.2, 0) is 19.6 Å². The van der Waals surface area contributed by atoms with Crippen molar-refractivity contribution in [3.63, 3.8) is 0 Å². The molecule has 0 radical (unpaired) electrons. The number of urea groups is 1. The number of methoxy groups -OCH3 is 1. The average Bonchev–Trinajstić information content (AvgIpc) is 2.84. The van der Waals surface area contributed by atoms with Gasteiger partial charge < -0.3 is 19.9 Å². The van der Waals surface area contributed by atoms with Crippen molar-refractivity contribution < 1.29 is 9.53 Å². The third-order valence-electron chi connectivity index (χ3n) is 5.86. The Morgan fingerprint density at radius 2 is 1.68 bits per heavy atom. The molecule has 0 fully saturated rings. The molecular formula is C28H29N3O3. The Kier molecular flexibility index (Phi) is 6.97. The molecule has 4 aromatic rings. The molecule has 0 aliphatic carbocycles. The van der Waals surface area contributed by atoms with E-state index in [1.54, 1.807) is 12.0 Å². The molecule has 0 saturated heterocycles. The van der Waals surface area contributed by atoms with Crippen LogP contribution in [0.5, 0.6) is 5.75 Å². The summed E-state index contributed by atoms with van der Waals surface area (Å²) in [5.74, 6) is 0.751. The van der Waals surface area contributed by atoms with Crippen LogP contribution in [0.1, 0.15) is 27.8 Å². The first-order valence-electron chi connectivity index (χ1n) is 11.3. The highest BCUT2D eigenvalue weighted by molar-refractivity contribution is 5.83. The van der Waals surface area contributed by atoms with E-state index in [4.69, 9.17) is 4.74 Å². The number of hydrogen-bond acceptors (Lipinski definition) is 3. The molecule has 34 heavy (non-hydrogen) atoms. The van der Waals surface area contributed by atoms with Crippen LogP contribution in [0.3, 0.4) is 0 Å². The zero-order valence-electron chi connectivity index (χ0n) is 19.7. The molecule has 0 atom stereocenters. The molecule has 0 saturated carbocycles. The van der Waals surface area contributed by atoms with E-state index < -0.39 is 0 Å². The number of carbonyl (C=O) groups is 1. The maximum absolute atomic E-state index is 13.2. The van der Waals surface area contributed by atoms with Gasteiger partial charge in [0, 0.05) is 29.6 Å². The van der Waals surface area contributed by atoms with Crippen LogP contribution in [0.4, 0.5) is 4.79 Å². The monoisotopic (exact) mass is 455 g/mol. The number of ether oxygens (including phenoxy) is 1. The SMILES string of the molecule is COc1ccc(CN(Cc2cc3c(C)cc(C)cc3[nH]c2=O)C(=O)NCc2ccccc2)cc1. The lowest BCUT2D eigenvalue weighted by Crippen LogP contribution is -2.39. The van der Waals surface area contributed by atoms with Gasteiger partial charge in [-0.25, -0.2) is 4.79 Å². The summed E-state index contributed by atoms with van der Waals surface area (Å²) in [5.41, 5.74) is 5.30. The fourth-order valence-electron chi connectivity index (χ4n) is 4.08. The number of amides is 2. The minimum Gasteiger partial charge on any atom is -0.497 e. The van der Waals surface area contributed by atoms with Crippen LogP contribution < -0.4 is 15.6 Å². The predicted octanol–water partition coefficient (Wildman–Crippen LogP) is 5.07. The largest absolute Gasteiger partial charge is 0.497 e. The third-order valence-corrected chi connectivity index (χ3v) is 5.86. The van der Waals surface area contributed by atoms with E-state index in [0.29, 0.717) is 18.7 Å². The van der Waals surface area contributed by atoms with Crippen LogP contribution >= 0.6 is 0 Å². The molecule has 1 heterocycles. The van der Waals surface area contributed by atoms with E-state index in [0.717, 1.165) is 38.9 Å². The number of benzene rings is 3. The molecule has 0 aliphatic rings. The van der Waals surface area contributed by atoms with Crippen LogP contribution in [0.2, 0.25) is 0 Å². The fraction of sp³-hybridized carbons (Fsp3) is 0.214. The summed E-state index contributed by atoms with van der Waals surface area (Å²) in [6.45, 7) is 4.98. The summed E-state index contributed by atoms with van der Waals surface area (Å²) in [5, 5.41) is 3.97. The first-order chi connectivity index (χ1) is 16.4. The number of nitrogens with one attached hydrogen (secondary N) is 2. The molecule has 0 spiro atoms. The van der Waals surface area contributed by atoms with E-state index >= 15 is 0 Å². The van der Waals surface area contributed by atoms with Gasteiger partial charge in [0.2, 0.25) is 0 Å². The fourth-order valence-corrected chi connectivity index (χ4v) is 4.08. The summed E-state index contributed by atoms with van der Waals surface area (Å²) < 4.78 is 5.24. The van der Waals surface area contributed by atoms with Gasteiger partial charge in [0.15, 0.2) is 0 Å². The molecule has 6 heteroatoms. The maximum atomic E-state index is 13.2. The lowest BCUT2D eigenvalue weighted by Gasteiger charge is -2.23. The first-order valence-corrected chi connectivity index (χ1v) is 11.3. The summed E-state index contributed by atoms with van der Waals surface area (Å²) in [7, 11) is 1.62. The molecule has 6 nitrogen and oxygen atoms in total. The molecule has 0 aliphatic heterocycles. The van der Waals surface area contributed by atoms with Crippen molar-refractivity contribution in [1.29, 1.82) is 0 Å². The van der Waals surface area contributed by atoms with Gasteiger partial charge in [-0.05, 0) is 60.4 Å². The summed E-state index contributed by atoms with van der Waals surface area (Å²) >= 11 is 0. The number of nitrogens with zero attached hydrogens (tertiary/aromatic N) is 1. The lowest BCUT2D eigenvalue weighted by atomic mass is 10.0. The van der Waals surface area contributed by atoms with Gasteiger partial charge in [0.1, 0.15) is 5.75 Å². The number of aromatic amines is 1. The summed E-state index contributed by atoms with van der Waals surface area (Å²) in [4.78, 5) is 30.8. The quantitative estimate of drug-likeness (QED) is 0.409.